The van der Waals surface area contributed by atoms with E-state index in [1.165, 1.54) is 42.5 Å². The van der Waals surface area contributed by atoms with Crippen LogP contribution >= 0.6 is 0 Å². The van der Waals surface area contributed by atoms with Crippen molar-refractivity contribution < 1.29 is 19.7 Å². The molecule has 1 N–H and O–H groups in total. The van der Waals surface area contributed by atoms with E-state index in [0.29, 0.717) is 0 Å². The summed E-state index contributed by atoms with van der Waals surface area (Å²) in [5.74, 6) is -1.26. The first-order chi connectivity index (χ1) is 9.99. The second-order valence-electron chi connectivity index (χ2n) is 3.97. The summed E-state index contributed by atoms with van der Waals surface area (Å²) in [5.41, 5.74) is -0.520. The molecular weight excluding hydrogens is 278 g/mol. The number of hydrogen-bond donors (Lipinski definition) is 1. The molecule has 0 saturated carbocycles. The van der Waals surface area contributed by atoms with Crippen LogP contribution in [0.25, 0.3) is 0 Å². The standard InChI is InChI=1S/C13H9N3O5/c17-13(18)11-6-1-2-7-12(11)15(19)14-9-4-3-5-10(8-9)16(20)21/h1-8H,(H,17,18). The largest absolute Gasteiger partial charge is 0.594 e. The highest BCUT2D eigenvalue weighted by Gasteiger charge is 2.17. The van der Waals surface area contributed by atoms with Crippen LogP contribution in [-0.4, -0.2) is 20.9 Å². The summed E-state index contributed by atoms with van der Waals surface area (Å²) in [5, 5.41) is 35.2. The Labute approximate surface area is 118 Å². The van der Waals surface area contributed by atoms with Gasteiger partial charge in [0.25, 0.3) is 11.4 Å². The summed E-state index contributed by atoms with van der Waals surface area (Å²) >= 11 is 0. The van der Waals surface area contributed by atoms with Gasteiger partial charge in [0.2, 0.25) is 0 Å². The van der Waals surface area contributed by atoms with Gasteiger partial charge >= 0.3 is 5.97 Å². The third-order valence-corrected chi connectivity index (χ3v) is 2.59. The molecule has 21 heavy (non-hydrogen) atoms. The zero-order valence-corrected chi connectivity index (χ0v) is 10.5. The Kier molecular flexibility index (Phi) is 3.89. The maximum atomic E-state index is 11.9. The van der Waals surface area contributed by atoms with Crippen molar-refractivity contribution in [2.75, 3.05) is 0 Å². The fourth-order valence-corrected chi connectivity index (χ4v) is 1.65. The Morgan fingerprint density at radius 2 is 1.81 bits per heavy atom. The molecule has 8 nitrogen and oxygen atoms in total. The monoisotopic (exact) mass is 287 g/mol. The molecule has 0 unspecified atom stereocenters. The van der Waals surface area contributed by atoms with E-state index in [-0.39, 0.29) is 27.5 Å². The SMILES string of the molecule is O=C(O)c1ccccc1[N+]([O-])=Nc1cccc([N+](=O)[O-])c1. The molecule has 2 aromatic rings. The van der Waals surface area contributed by atoms with E-state index >= 15 is 0 Å². The Morgan fingerprint density at radius 3 is 2.48 bits per heavy atom. The number of rotatable bonds is 4. The van der Waals surface area contributed by atoms with E-state index in [1.54, 1.807) is 0 Å². The van der Waals surface area contributed by atoms with Gasteiger partial charge in [0.1, 0.15) is 11.3 Å². The number of azo groups is 1. The Balaban J connectivity index is 2.44. The van der Waals surface area contributed by atoms with Crippen molar-refractivity contribution in [3.05, 3.63) is 69.4 Å². The highest BCUT2D eigenvalue weighted by molar-refractivity contribution is 5.92. The molecule has 0 heterocycles. The number of aromatic carboxylic acids is 1. The lowest BCUT2D eigenvalue weighted by Gasteiger charge is -2.02. The summed E-state index contributed by atoms with van der Waals surface area (Å²) < 4.78 is 0. The van der Waals surface area contributed by atoms with E-state index in [2.05, 4.69) is 5.11 Å². The number of nitro benzene ring substituents is 1. The van der Waals surface area contributed by atoms with E-state index in [4.69, 9.17) is 5.11 Å². The van der Waals surface area contributed by atoms with Crippen LogP contribution in [0.3, 0.4) is 0 Å². The van der Waals surface area contributed by atoms with Gasteiger partial charge in [-0.2, -0.15) is 0 Å². The van der Waals surface area contributed by atoms with E-state index in [9.17, 15) is 20.1 Å². The van der Waals surface area contributed by atoms with Gasteiger partial charge in [-0.25, -0.2) is 4.79 Å². The van der Waals surface area contributed by atoms with Gasteiger partial charge in [-0.15, -0.1) is 0 Å². The van der Waals surface area contributed by atoms with Crippen LogP contribution in [0.5, 0.6) is 0 Å². The summed E-state index contributed by atoms with van der Waals surface area (Å²) in [6, 6.07) is 10.7. The van der Waals surface area contributed by atoms with Gasteiger partial charge in [0.05, 0.1) is 4.92 Å². The molecule has 0 aliphatic heterocycles. The van der Waals surface area contributed by atoms with E-state index in [1.807, 2.05) is 0 Å². The number of carboxylic acids is 1. The first kappa shape index (κ1) is 14.1. The van der Waals surface area contributed by atoms with E-state index < -0.39 is 10.9 Å². The van der Waals surface area contributed by atoms with Gasteiger partial charge < -0.3 is 10.3 Å². The third-order valence-electron chi connectivity index (χ3n) is 2.59. The molecule has 2 rings (SSSR count). The molecule has 0 atom stereocenters. The summed E-state index contributed by atoms with van der Waals surface area (Å²) in [6.07, 6.45) is 0. The summed E-state index contributed by atoms with van der Waals surface area (Å²) in [7, 11) is 0. The van der Waals surface area contributed by atoms with Crippen LogP contribution in [0.15, 0.2) is 53.6 Å². The molecule has 0 spiro atoms. The second-order valence-corrected chi connectivity index (χ2v) is 3.97. The molecular formula is C13H9N3O5. The highest BCUT2D eigenvalue weighted by Crippen LogP contribution is 2.24. The zero-order valence-electron chi connectivity index (χ0n) is 10.5. The number of para-hydroxylation sites is 1. The molecule has 0 radical (unpaired) electrons. The second kappa shape index (κ2) is 5.78. The first-order valence-corrected chi connectivity index (χ1v) is 5.74. The minimum atomic E-state index is -1.26. The fourth-order valence-electron chi connectivity index (χ4n) is 1.65. The average molecular weight is 287 g/mol. The minimum Gasteiger partial charge on any atom is -0.594 e. The lowest BCUT2D eigenvalue weighted by molar-refractivity contribution is -0.435. The van der Waals surface area contributed by atoms with Crippen molar-refractivity contribution >= 4 is 23.0 Å². The maximum Gasteiger partial charge on any atom is 0.342 e. The molecule has 8 heteroatoms. The van der Waals surface area contributed by atoms with Gasteiger partial charge in [-0.05, 0) is 17.0 Å². The van der Waals surface area contributed by atoms with E-state index in [0.717, 1.165) is 6.07 Å². The number of hydrogen-bond acceptors (Lipinski definition) is 5. The van der Waals surface area contributed by atoms with Crippen LogP contribution in [-0.2, 0) is 0 Å². The van der Waals surface area contributed by atoms with Crippen molar-refractivity contribution in [1.82, 2.24) is 0 Å². The Morgan fingerprint density at radius 1 is 1.10 bits per heavy atom. The molecule has 0 aromatic heterocycles. The van der Waals surface area contributed by atoms with Crippen molar-refractivity contribution in [3.8, 4) is 0 Å². The topological polar surface area (TPSA) is 119 Å². The Bertz CT molecular complexity index is 742. The van der Waals surface area contributed by atoms with Crippen molar-refractivity contribution in [1.29, 1.82) is 0 Å². The summed E-state index contributed by atoms with van der Waals surface area (Å²) in [4.78, 5) is 21.2. The minimum absolute atomic E-state index is 0.0550. The molecule has 0 amide bonds. The van der Waals surface area contributed by atoms with Crippen LogP contribution in [0.1, 0.15) is 10.4 Å². The number of carbonyl (C=O) groups is 1. The maximum absolute atomic E-state index is 11.9. The smallest absolute Gasteiger partial charge is 0.342 e. The number of nitrogens with zero attached hydrogens (tertiary/aromatic N) is 3. The molecule has 0 aliphatic carbocycles. The van der Waals surface area contributed by atoms with Crippen LogP contribution < -0.4 is 0 Å². The van der Waals surface area contributed by atoms with Crippen molar-refractivity contribution in [2.45, 2.75) is 0 Å². The molecule has 0 saturated heterocycles. The molecule has 106 valence electrons. The molecule has 0 aliphatic rings. The van der Waals surface area contributed by atoms with Crippen molar-refractivity contribution in [3.63, 3.8) is 0 Å². The van der Waals surface area contributed by atoms with Crippen molar-refractivity contribution in [2.24, 2.45) is 5.11 Å². The first-order valence-electron chi connectivity index (χ1n) is 5.74. The molecule has 0 bridgehead atoms. The quantitative estimate of drug-likeness (QED) is 0.400. The van der Waals surface area contributed by atoms with Crippen LogP contribution in [0.2, 0.25) is 0 Å². The molecule has 2 aromatic carbocycles. The average Bonchev–Trinajstić information content (AvgIpc) is 2.47. The molecule has 0 fully saturated rings. The lowest BCUT2D eigenvalue weighted by atomic mass is 10.2. The number of nitro groups is 1. The fraction of sp³-hybridized carbons (Fsp3) is 0. The normalized spacial score (nSPS) is 11.1. The predicted octanol–water partition coefficient (Wildman–Crippen LogP) is 3.22. The Hall–Kier alpha value is -3.29. The summed E-state index contributed by atoms with van der Waals surface area (Å²) in [6.45, 7) is 0. The number of benzene rings is 2. The van der Waals surface area contributed by atoms with Gasteiger partial charge in [0, 0.05) is 23.3 Å². The lowest BCUT2D eigenvalue weighted by Crippen LogP contribution is -2.02. The van der Waals surface area contributed by atoms with Gasteiger partial charge in [0.15, 0.2) is 0 Å². The van der Waals surface area contributed by atoms with Crippen LogP contribution in [0, 0.1) is 15.3 Å². The number of carboxylic acid groups (broad SMARTS) is 1. The van der Waals surface area contributed by atoms with Crippen LogP contribution in [0.4, 0.5) is 17.1 Å². The highest BCUT2D eigenvalue weighted by atomic mass is 16.6. The number of non-ortho nitro benzene ring substituents is 1. The van der Waals surface area contributed by atoms with Gasteiger partial charge in [-0.3, -0.25) is 10.1 Å². The third kappa shape index (κ3) is 3.18. The zero-order chi connectivity index (χ0) is 15.4. The predicted molar refractivity (Wildman–Crippen MR) is 71.9 cm³/mol. The van der Waals surface area contributed by atoms with Gasteiger partial charge in [-0.1, -0.05) is 18.2 Å².